The summed E-state index contributed by atoms with van der Waals surface area (Å²) in [5.41, 5.74) is 1.51. The Labute approximate surface area is 221 Å². The van der Waals surface area contributed by atoms with E-state index in [4.69, 9.17) is 11.6 Å². The molecule has 0 aliphatic heterocycles. The summed E-state index contributed by atoms with van der Waals surface area (Å²) in [5, 5.41) is 23.5. The van der Waals surface area contributed by atoms with E-state index >= 15 is 0 Å². The Morgan fingerprint density at radius 2 is 1.72 bits per heavy atom. The van der Waals surface area contributed by atoms with Crippen LogP contribution in [0.5, 0.6) is 0 Å². The normalized spacial score (nSPS) is 11.9. The van der Waals surface area contributed by atoms with Gasteiger partial charge in [0.2, 0.25) is 5.95 Å². The molecule has 5 aromatic rings. The third-order valence-electron chi connectivity index (χ3n) is 5.62. The van der Waals surface area contributed by atoms with E-state index in [2.05, 4.69) is 30.8 Å². The number of nitrogens with zero attached hydrogens (tertiary/aromatic N) is 6. The summed E-state index contributed by atoms with van der Waals surface area (Å²) in [5.74, 6) is -2.98. The second-order valence-electron chi connectivity index (χ2n) is 8.13. The highest BCUT2D eigenvalue weighted by molar-refractivity contribution is 6.36. The lowest BCUT2D eigenvalue weighted by Crippen LogP contribution is -2.14. The van der Waals surface area contributed by atoms with Crippen LogP contribution in [-0.4, -0.2) is 25.0 Å². The van der Waals surface area contributed by atoms with Gasteiger partial charge < -0.3 is 10.6 Å². The minimum absolute atomic E-state index is 0.0557. The molecule has 0 aliphatic carbocycles. The van der Waals surface area contributed by atoms with Crippen LogP contribution in [0.15, 0.2) is 61.1 Å². The number of benzene rings is 2. The molecule has 196 valence electrons. The number of anilines is 3. The number of alkyl halides is 2. The molecule has 0 spiro atoms. The van der Waals surface area contributed by atoms with Crippen molar-refractivity contribution < 1.29 is 22.0 Å². The van der Waals surface area contributed by atoms with Gasteiger partial charge in [0, 0.05) is 23.3 Å². The highest BCUT2D eigenvalue weighted by Gasteiger charge is 2.22. The second-order valence-corrected chi connectivity index (χ2v) is 8.54. The second kappa shape index (κ2) is 10.5. The van der Waals surface area contributed by atoms with Gasteiger partial charge in [0.1, 0.15) is 17.6 Å². The van der Waals surface area contributed by atoms with Crippen LogP contribution >= 0.6 is 11.6 Å². The fourth-order valence-corrected chi connectivity index (χ4v) is 4.13. The van der Waals surface area contributed by atoms with Gasteiger partial charge in [-0.15, -0.1) is 4.80 Å². The van der Waals surface area contributed by atoms with Crippen LogP contribution in [-0.2, 0) is 0 Å². The number of fused-ring (bicyclic) bond motifs is 1. The van der Waals surface area contributed by atoms with Crippen molar-refractivity contribution in [1.29, 1.82) is 5.26 Å². The van der Waals surface area contributed by atoms with Gasteiger partial charge in [-0.3, -0.25) is 4.98 Å². The molecule has 3 heterocycles. The van der Waals surface area contributed by atoms with Crippen LogP contribution in [0.3, 0.4) is 0 Å². The first-order valence-corrected chi connectivity index (χ1v) is 11.4. The average Bonchev–Trinajstić information content (AvgIpc) is 3.41. The lowest BCUT2D eigenvalue weighted by molar-refractivity contribution is 0.0409. The molecule has 5 rings (SSSR count). The Hall–Kier alpha value is -4.83. The molecular formula is C25H14ClF5N8. The molecule has 3 aromatic heterocycles. The smallest absolute Gasteiger partial charge is 0.348 e. The van der Waals surface area contributed by atoms with Gasteiger partial charge in [0.15, 0.2) is 5.82 Å². The van der Waals surface area contributed by atoms with Crippen LogP contribution in [0.4, 0.5) is 39.0 Å². The van der Waals surface area contributed by atoms with Crippen molar-refractivity contribution in [2.24, 2.45) is 0 Å². The molecule has 0 aliphatic rings. The van der Waals surface area contributed by atoms with E-state index in [0.717, 1.165) is 18.5 Å². The molecule has 0 fully saturated rings. The van der Waals surface area contributed by atoms with Crippen LogP contribution in [0, 0.1) is 28.9 Å². The van der Waals surface area contributed by atoms with E-state index in [1.807, 2.05) is 6.07 Å². The minimum atomic E-state index is -2.97. The van der Waals surface area contributed by atoms with Gasteiger partial charge in [-0.1, -0.05) is 23.7 Å². The maximum atomic E-state index is 13.8. The van der Waals surface area contributed by atoms with E-state index in [1.165, 1.54) is 36.5 Å². The summed E-state index contributed by atoms with van der Waals surface area (Å²) in [7, 11) is 0. The molecule has 8 nitrogen and oxygen atoms in total. The SMILES string of the molecule is N#Cc1cnc2c(Cl)cc(N[C@@H](c3ccc(F)cc3)c3cnn(C(F)F)n3)cc2c1Nc1cnc(F)c(F)c1. The molecule has 1 atom stereocenters. The molecule has 0 saturated carbocycles. The fraction of sp³-hybridized carbons (Fsp3) is 0.0800. The van der Waals surface area contributed by atoms with Gasteiger partial charge in [-0.2, -0.15) is 28.6 Å². The molecule has 0 radical (unpaired) electrons. The van der Waals surface area contributed by atoms with Gasteiger partial charge in [-0.25, -0.2) is 13.8 Å². The van der Waals surface area contributed by atoms with Crippen molar-refractivity contribution in [1.82, 2.24) is 25.0 Å². The number of pyridine rings is 2. The van der Waals surface area contributed by atoms with E-state index in [-0.39, 0.29) is 38.0 Å². The number of hydrogen-bond donors (Lipinski definition) is 2. The van der Waals surface area contributed by atoms with Crippen molar-refractivity contribution >= 4 is 39.6 Å². The number of rotatable bonds is 7. The van der Waals surface area contributed by atoms with Gasteiger partial charge in [-0.05, 0) is 29.8 Å². The Balaban J connectivity index is 1.61. The lowest BCUT2D eigenvalue weighted by Gasteiger charge is -2.20. The predicted molar refractivity (Wildman–Crippen MR) is 132 cm³/mol. The number of nitriles is 1. The molecular weight excluding hydrogens is 543 g/mol. The van der Waals surface area contributed by atoms with E-state index in [9.17, 15) is 27.2 Å². The van der Waals surface area contributed by atoms with Crippen molar-refractivity contribution in [3.8, 4) is 6.07 Å². The van der Waals surface area contributed by atoms with Crippen LogP contribution in [0.2, 0.25) is 5.02 Å². The summed E-state index contributed by atoms with van der Waals surface area (Å²) in [6.45, 7) is -2.97. The zero-order chi connectivity index (χ0) is 27.7. The third kappa shape index (κ3) is 5.27. The van der Waals surface area contributed by atoms with E-state index in [0.29, 0.717) is 16.6 Å². The van der Waals surface area contributed by atoms with Crippen molar-refractivity contribution in [3.63, 3.8) is 0 Å². The number of nitrogens with one attached hydrogen (secondary N) is 2. The molecule has 0 amide bonds. The van der Waals surface area contributed by atoms with Gasteiger partial charge in [0.05, 0.1) is 45.9 Å². The van der Waals surface area contributed by atoms with E-state index < -0.39 is 30.2 Å². The molecule has 2 N–H and O–H groups in total. The zero-order valence-corrected chi connectivity index (χ0v) is 20.1. The monoisotopic (exact) mass is 556 g/mol. The maximum absolute atomic E-state index is 13.8. The maximum Gasteiger partial charge on any atom is 0.348 e. The molecule has 0 unspecified atom stereocenters. The van der Waals surface area contributed by atoms with Crippen LogP contribution in [0.25, 0.3) is 10.9 Å². The third-order valence-corrected chi connectivity index (χ3v) is 5.91. The summed E-state index contributed by atoms with van der Waals surface area (Å²) < 4.78 is 67.0. The zero-order valence-electron chi connectivity index (χ0n) is 19.4. The minimum Gasteiger partial charge on any atom is -0.373 e. The van der Waals surface area contributed by atoms with E-state index in [1.54, 1.807) is 6.07 Å². The molecule has 2 aromatic carbocycles. The summed E-state index contributed by atoms with van der Waals surface area (Å²) in [6, 6.07) is 10.4. The number of halogens is 6. The Morgan fingerprint density at radius 3 is 2.38 bits per heavy atom. The van der Waals surface area contributed by atoms with Crippen molar-refractivity contribution in [2.45, 2.75) is 12.6 Å². The first kappa shape index (κ1) is 25.8. The largest absolute Gasteiger partial charge is 0.373 e. The standard InChI is InChI=1S/C25H14ClF5N8/c26-18-6-15(36-22(12-1-3-14(27)4-2-12)20-11-35-39(38-20)25(30)31)5-17-21(13(8-32)9-33-23(17)18)37-16-7-19(28)24(29)34-10-16/h1-7,9-11,22,25,36H,(H,33,37)/t22-/m0/s1. The number of aromatic nitrogens is 5. The number of hydrogen-bond acceptors (Lipinski definition) is 7. The van der Waals surface area contributed by atoms with Crippen molar-refractivity contribution in [3.05, 3.63) is 100 Å². The predicted octanol–water partition coefficient (Wildman–Crippen LogP) is 6.50. The Bertz CT molecular complexity index is 1720. The highest BCUT2D eigenvalue weighted by Crippen LogP contribution is 2.36. The molecule has 0 bridgehead atoms. The van der Waals surface area contributed by atoms with Gasteiger partial charge in [0.25, 0.3) is 0 Å². The molecule has 0 saturated heterocycles. The first-order valence-electron chi connectivity index (χ1n) is 11.1. The van der Waals surface area contributed by atoms with Gasteiger partial charge >= 0.3 is 6.55 Å². The summed E-state index contributed by atoms with van der Waals surface area (Å²) in [4.78, 5) is 7.81. The quantitative estimate of drug-likeness (QED) is 0.174. The van der Waals surface area contributed by atoms with Crippen LogP contribution in [0.1, 0.15) is 29.4 Å². The van der Waals surface area contributed by atoms with Crippen molar-refractivity contribution in [2.75, 3.05) is 10.6 Å². The topological polar surface area (TPSA) is 104 Å². The molecule has 14 heteroatoms. The lowest BCUT2D eigenvalue weighted by atomic mass is 10.0. The fourth-order valence-electron chi connectivity index (χ4n) is 3.86. The first-order chi connectivity index (χ1) is 18.7. The highest BCUT2D eigenvalue weighted by atomic mass is 35.5. The summed E-state index contributed by atoms with van der Waals surface area (Å²) >= 11 is 6.50. The summed E-state index contributed by atoms with van der Waals surface area (Å²) in [6.07, 6.45) is 3.46. The van der Waals surface area contributed by atoms with Crippen LogP contribution < -0.4 is 10.6 Å². The molecule has 39 heavy (non-hydrogen) atoms. The Morgan fingerprint density at radius 1 is 0.949 bits per heavy atom. The average molecular weight is 557 g/mol. The Kier molecular flexibility index (Phi) is 6.95.